The third kappa shape index (κ3) is 1.63. The number of carbonyl (C=O) groups excluding carboxylic acids is 1. The Labute approximate surface area is 81.8 Å². The average Bonchev–Trinajstić information content (AvgIpc) is 2.62. The Morgan fingerprint density at radius 3 is 3.07 bits per heavy atom. The van der Waals surface area contributed by atoms with Gasteiger partial charge in [0.1, 0.15) is 0 Å². The molecule has 5 heteroatoms. The number of rotatable bonds is 3. The summed E-state index contributed by atoms with van der Waals surface area (Å²) >= 11 is 0. The van der Waals surface area contributed by atoms with E-state index in [4.69, 9.17) is 4.52 Å². The van der Waals surface area contributed by atoms with Gasteiger partial charge in [-0.25, -0.2) is 0 Å². The third-order valence-electron chi connectivity index (χ3n) is 2.49. The van der Waals surface area contributed by atoms with Crippen LogP contribution in [0.3, 0.4) is 0 Å². The second kappa shape index (κ2) is 3.42. The Balaban J connectivity index is 1.84. The van der Waals surface area contributed by atoms with E-state index >= 15 is 0 Å². The van der Waals surface area contributed by atoms with Gasteiger partial charge in [0.15, 0.2) is 5.76 Å². The van der Waals surface area contributed by atoms with E-state index < -0.39 is 0 Å². The summed E-state index contributed by atoms with van der Waals surface area (Å²) < 4.78 is 4.87. The molecule has 1 aliphatic heterocycles. The third-order valence-corrected chi connectivity index (χ3v) is 2.49. The van der Waals surface area contributed by atoms with E-state index in [9.17, 15) is 4.79 Å². The van der Waals surface area contributed by atoms with Gasteiger partial charge in [0.05, 0.1) is 18.2 Å². The summed E-state index contributed by atoms with van der Waals surface area (Å²) in [6, 6.07) is 1.74. The van der Waals surface area contributed by atoms with Crippen LogP contribution in [0.1, 0.15) is 12.7 Å². The minimum atomic E-state index is -0.250. The smallest absolute Gasteiger partial charge is 0.228 e. The van der Waals surface area contributed by atoms with Crippen LogP contribution in [0.5, 0.6) is 0 Å². The maximum absolute atomic E-state index is 11.6. The number of carbonyl (C=O) groups is 1. The zero-order valence-corrected chi connectivity index (χ0v) is 8.04. The lowest BCUT2D eigenvalue weighted by Gasteiger charge is -2.37. The molecule has 1 fully saturated rings. The number of hydrogen-bond acceptors (Lipinski definition) is 4. The zero-order chi connectivity index (χ0) is 10.0. The molecule has 1 aliphatic rings. The normalized spacial score (nSPS) is 18.6. The molecule has 2 rings (SSSR count). The topological polar surface area (TPSA) is 67.2 Å². The van der Waals surface area contributed by atoms with Crippen molar-refractivity contribution in [2.75, 3.05) is 13.1 Å². The molecule has 2 heterocycles. The molecule has 1 amide bonds. The van der Waals surface area contributed by atoms with Crippen molar-refractivity contribution in [3.05, 3.63) is 18.0 Å². The zero-order valence-electron chi connectivity index (χ0n) is 8.04. The molecule has 0 aromatic carbocycles. The fourth-order valence-corrected chi connectivity index (χ4v) is 1.37. The molecule has 1 aromatic rings. The Morgan fingerprint density at radius 2 is 2.57 bits per heavy atom. The Hall–Kier alpha value is -1.36. The van der Waals surface area contributed by atoms with Crippen LogP contribution < -0.4 is 10.6 Å². The van der Waals surface area contributed by atoms with Crippen LogP contribution in [-0.2, 0) is 11.3 Å². The van der Waals surface area contributed by atoms with Gasteiger partial charge in [-0.2, -0.15) is 0 Å². The summed E-state index contributed by atoms with van der Waals surface area (Å²) in [5, 5.41) is 9.45. The average molecular weight is 195 g/mol. The fourth-order valence-electron chi connectivity index (χ4n) is 1.37. The maximum atomic E-state index is 11.6. The molecule has 0 unspecified atom stereocenters. The minimum Gasteiger partial charge on any atom is -0.360 e. The first-order chi connectivity index (χ1) is 6.71. The molecular formula is C9H13N3O2. The standard InChI is InChI=1S/C9H13N3O2/c1-9(5-10-6-9)8(13)11-4-7-2-3-12-14-7/h2-3,10H,4-6H2,1H3,(H,11,13). The molecule has 5 nitrogen and oxygen atoms in total. The van der Waals surface area contributed by atoms with Crippen LogP contribution in [0.2, 0.25) is 0 Å². The van der Waals surface area contributed by atoms with Crippen LogP contribution >= 0.6 is 0 Å². The second-order valence-electron chi connectivity index (χ2n) is 3.83. The molecule has 0 spiro atoms. The fraction of sp³-hybridized carbons (Fsp3) is 0.556. The lowest BCUT2D eigenvalue weighted by Crippen LogP contribution is -2.59. The van der Waals surface area contributed by atoms with Gasteiger partial charge >= 0.3 is 0 Å². The van der Waals surface area contributed by atoms with Crippen molar-refractivity contribution in [3.8, 4) is 0 Å². The highest BCUT2D eigenvalue weighted by molar-refractivity contribution is 5.83. The molecule has 14 heavy (non-hydrogen) atoms. The first kappa shape index (κ1) is 9.21. The Bertz CT molecular complexity index is 317. The predicted octanol–water partition coefficient (Wildman–Crippen LogP) is -0.0997. The van der Waals surface area contributed by atoms with Crippen molar-refractivity contribution in [1.29, 1.82) is 0 Å². The highest BCUT2D eigenvalue weighted by Gasteiger charge is 2.39. The second-order valence-corrected chi connectivity index (χ2v) is 3.83. The summed E-state index contributed by atoms with van der Waals surface area (Å²) in [4.78, 5) is 11.6. The van der Waals surface area contributed by atoms with Crippen LogP contribution in [0.4, 0.5) is 0 Å². The van der Waals surface area contributed by atoms with Crippen molar-refractivity contribution in [3.63, 3.8) is 0 Å². The van der Waals surface area contributed by atoms with Gasteiger partial charge in [0.25, 0.3) is 0 Å². The molecule has 0 bridgehead atoms. The summed E-state index contributed by atoms with van der Waals surface area (Å²) in [7, 11) is 0. The van der Waals surface area contributed by atoms with Crippen LogP contribution in [0.15, 0.2) is 16.8 Å². The highest BCUT2D eigenvalue weighted by Crippen LogP contribution is 2.21. The lowest BCUT2D eigenvalue weighted by atomic mass is 9.83. The molecule has 2 N–H and O–H groups in total. The molecule has 76 valence electrons. The van der Waals surface area contributed by atoms with Gasteiger partial charge in [0.2, 0.25) is 5.91 Å². The van der Waals surface area contributed by atoms with E-state index in [0.29, 0.717) is 12.3 Å². The molecule has 0 atom stereocenters. The number of hydrogen-bond donors (Lipinski definition) is 2. The van der Waals surface area contributed by atoms with Crippen LogP contribution in [0, 0.1) is 5.41 Å². The highest BCUT2D eigenvalue weighted by atomic mass is 16.5. The first-order valence-corrected chi connectivity index (χ1v) is 4.59. The van der Waals surface area contributed by atoms with Crippen LogP contribution in [-0.4, -0.2) is 24.2 Å². The van der Waals surface area contributed by atoms with E-state index in [1.807, 2.05) is 6.92 Å². The van der Waals surface area contributed by atoms with Crippen molar-refractivity contribution < 1.29 is 9.32 Å². The van der Waals surface area contributed by atoms with E-state index in [2.05, 4.69) is 15.8 Å². The number of amides is 1. The number of aromatic nitrogens is 1. The predicted molar refractivity (Wildman–Crippen MR) is 49.3 cm³/mol. The largest absolute Gasteiger partial charge is 0.360 e. The van der Waals surface area contributed by atoms with E-state index in [-0.39, 0.29) is 11.3 Å². The number of nitrogens with one attached hydrogen (secondary N) is 2. The van der Waals surface area contributed by atoms with E-state index in [1.54, 1.807) is 12.3 Å². The Morgan fingerprint density at radius 1 is 1.79 bits per heavy atom. The van der Waals surface area contributed by atoms with E-state index in [0.717, 1.165) is 13.1 Å². The molecule has 0 aliphatic carbocycles. The van der Waals surface area contributed by atoms with Crippen molar-refractivity contribution in [2.24, 2.45) is 5.41 Å². The summed E-state index contributed by atoms with van der Waals surface area (Å²) in [6.45, 7) is 3.85. The van der Waals surface area contributed by atoms with Gasteiger partial charge in [0, 0.05) is 19.2 Å². The molecular weight excluding hydrogens is 182 g/mol. The summed E-state index contributed by atoms with van der Waals surface area (Å²) in [5.41, 5.74) is -0.250. The SMILES string of the molecule is CC1(C(=O)NCc2ccno2)CNC1. The van der Waals surface area contributed by atoms with Gasteiger partial charge in [-0.1, -0.05) is 5.16 Å². The molecule has 0 radical (unpaired) electrons. The van der Waals surface area contributed by atoms with E-state index in [1.165, 1.54) is 0 Å². The Kier molecular flexibility index (Phi) is 2.25. The van der Waals surface area contributed by atoms with Crippen molar-refractivity contribution >= 4 is 5.91 Å². The summed E-state index contributed by atoms with van der Waals surface area (Å²) in [5.74, 6) is 0.738. The molecule has 1 saturated heterocycles. The first-order valence-electron chi connectivity index (χ1n) is 4.59. The maximum Gasteiger partial charge on any atom is 0.228 e. The van der Waals surface area contributed by atoms with Gasteiger partial charge in [-0.15, -0.1) is 0 Å². The van der Waals surface area contributed by atoms with Crippen molar-refractivity contribution in [1.82, 2.24) is 15.8 Å². The quantitative estimate of drug-likeness (QED) is 0.706. The molecule has 1 aromatic heterocycles. The summed E-state index contributed by atoms with van der Waals surface area (Å²) in [6.07, 6.45) is 1.56. The minimum absolute atomic E-state index is 0.0626. The van der Waals surface area contributed by atoms with Gasteiger partial charge in [-0.05, 0) is 6.92 Å². The van der Waals surface area contributed by atoms with Gasteiger partial charge < -0.3 is 15.2 Å². The molecule has 0 saturated carbocycles. The van der Waals surface area contributed by atoms with Gasteiger partial charge in [-0.3, -0.25) is 4.79 Å². The number of nitrogens with zero attached hydrogens (tertiary/aromatic N) is 1. The van der Waals surface area contributed by atoms with Crippen LogP contribution in [0.25, 0.3) is 0 Å². The van der Waals surface area contributed by atoms with Crippen molar-refractivity contribution in [2.45, 2.75) is 13.5 Å². The lowest BCUT2D eigenvalue weighted by molar-refractivity contribution is -0.133. The monoisotopic (exact) mass is 195 g/mol.